The molecule has 1 aliphatic heterocycles. The largest absolute Gasteiger partial charge is 0.457 e. The predicted octanol–water partition coefficient (Wildman–Crippen LogP) is 5.92. The number of aryl methyl sites for hydroxylation is 2. The second-order valence-corrected chi connectivity index (χ2v) is 5.94. The van der Waals surface area contributed by atoms with Crippen molar-refractivity contribution in [2.24, 2.45) is 0 Å². The van der Waals surface area contributed by atoms with Gasteiger partial charge < -0.3 is 4.74 Å². The molecule has 0 N–H and O–H groups in total. The van der Waals surface area contributed by atoms with Crippen LogP contribution in [0.4, 0.5) is 0 Å². The lowest BCUT2D eigenvalue weighted by molar-refractivity contribution is 0.468. The van der Waals surface area contributed by atoms with Crippen molar-refractivity contribution in [2.75, 3.05) is 0 Å². The van der Waals surface area contributed by atoms with Crippen molar-refractivity contribution in [2.45, 2.75) is 51.4 Å². The van der Waals surface area contributed by atoms with Gasteiger partial charge in [-0.2, -0.15) is 0 Å². The first-order chi connectivity index (χ1) is 10.4. The van der Waals surface area contributed by atoms with Crippen LogP contribution < -0.4 is 4.74 Å². The Morgan fingerprint density at radius 2 is 0.952 bits per heavy atom. The van der Waals surface area contributed by atoms with Crippen LogP contribution in [0.3, 0.4) is 0 Å². The predicted molar refractivity (Wildman–Crippen MR) is 88.1 cm³/mol. The zero-order valence-corrected chi connectivity index (χ0v) is 12.7. The Labute approximate surface area is 128 Å². The van der Waals surface area contributed by atoms with Crippen molar-refractivity contribution >= 4 is 0 Å². The lowest BCUT2D eigenvalue weighted by Crippen LogP contribution is -1.95. The highest BCUT2D eigenvalue weighted by molar-refractivity contribution is 5.41. The molecule has 21 heavy (non-hydrogen) atoms. The Morgan fingerprint density at radius 3 is 1.48 bits per heavy atom. The third kappa shape index (κ3) is 3.87. The van der Waals surface area contributed by atoms with Crippen molar-refractivity contribution in [3.63, 3.8) is 0 Å². The normalized spacial score (nSPS) is 16.4. The Balaban J connectivity index is 1.89. The fraction of sp³-hybridized carbons (Fsp3) is 0.400. The Morgan fingerprint density at radius 1 is 0.524 bits per heavy atom. The maximum absolute atomic E-state index is 6.26. The number of hydrogen-bond acceptors (Lipinski definition) is 1. The first-order valence-electron chi connectivity index (χ1n) is 8.27. The molecule has 110 valence electrons. The summed E-state index contributed by atoms with van der Waals surface area (Å²) in [5, 5.41) is 0. The average Bonchev–Trinajstić information content (AvgIpc) is 2.54. The average molecular weight is 280 g/mol. The van der Waals surface area contributed by atoms with Gasteiger partial charge >= 0.3 is 0 Å². The number of rotatable bonds is 0. The Kier molecular flexibility index (Phi) is 4.94. The number of hydrogen-bond donors (Lipinski definition) is 0. The molecule has 0 saturated carbocycles. The topological polar surface area (TPSA) is 9.23 Å². The molecule has 2 aromatic carbocycles. The fourth-order valence-electron chi connectivity index (χ4n) is 3.08. The van der Waals surface area contributed by atoms with Crippen molar-refractivity contribution in [3.8, 4) is 11.5 Å². The molecular formula is C20H24O. The lowest BCUT2D eigenvalue weighted by atomic mass is 10.0. The molecular weight excluding hydrogens is 256 g/mol. The zero-order chi connectivity index (χ0) is 14.3. The van der Waals surface area contributed by atoms with E-state index in [2.05, 4.69) is 48.5 Å². The quantitative estimate of drug-likeness (QED) is 0.582. The molecule has 1 heteroatoms. The van der Waals surface area contributed by atoms with E-state index in [1.165, 1.54) is 49.7 Å². The van der Waals surface area contributed by atoms with Crippen molar-refractivity contribution < 1.29 is 4.74 Å². The van der Waals surface area contributed by atoms with Gasteiger partial charge in [0.25, 0.3) is 0 Å². The van der Waals surface area contributed by atoms with E-state index in [9.17, 15) is 0 Å². The minimum atomic E-state index is 1.03. The van der Waals surface area contributed by atoms with Crippen LogP contribution >= 0.6 is 0 Å². The van der Waals surface area contributed by atoms with E-state index < -0.39 is 0 Å². The molecule has 2 aromatic rings. The number of benzene rings is 2. The maximum Gasteiger partial charge on any atom is 0.130 e. The first kappa shape index (κ1) is 14.2. The van der Waals surface area contributed by atoms with E-state index in [4.69, 9.17) is 4.74 Å². The van der Waals surface area contributed by atoms with Crippen molar-refractivity contribution in [3.05, 3.63) is 59.7 Å². The van der Waals surface area contributed by atoms with Crippen molar-refractivity contribution in [1.82, 2.24) is 0 Å². The SMILES string of the molecule is c1ccc2c(c1)CCCCCCCCc1ccccc1O2. The van der Waals surface area contributed by atoms with Gasteiger partial charge in [-0.1, -0.05) is 62.1 Å². The van der Waals surface area contributed by atoms with Gasteiger partial charge in [-0.05, 0) is 48.9 Å². The lowest BCUT2D eigenvalue weighted by Gasteiger charge is -2.14. The fourth-order valence-corrected chi connectivity index (χ4v) is 3.08. The maximum atomic E-state index is 6.26. The Hall–Kier alpha value is -1.76. The van der Waals surface area contributed by atoms with E-state index in [0.717, 1.165) is 24.3 Å². The molecule has 1 heterocycles. The van der Waals surface area contributed by atoms with Gasteiger partial charge in [-0.3, -0.25) is 0 Å². The molecule has 0 aliphatic carbocycles. The molecule has 0 aromatic heterocycles. The monoisotopic (exact) mass is 280 g/mol. The minimum Gasteiger partial charge on any atom is -0.457 e. The summed E-state index contributed by atoms with van der Waals surface area (Å²) in [5.74, 6) is 2.06. The van der Waals surface area contributed by atoms with Gasteiger partial charge in [0.2, 0.25) is 0 Å². The van der Waals surface area contributed by atoms with Crippen LogP contribution in [0.5, 0.6) is 11.5 Å². The highest BCUT2D eigenvalue weighted by Gasteiger charge is 2.09. The highest BCUT2D eigenvalue weighted by atomic mass is 16.5. The van der Waals surface area contributed by atoms with E-state index in [-0.39, 0.29) is 0 Å². The van der Waals surface area contributed by atoms with Crippen LogP contribution in [0, 0.1) is 0 Å². The van der Waals surface area contributed by atoms with Gasteiger partial charge in [0.05, 0.1) is 0 Å². The highest BCUT2D eigenvalue weighted by Crippen LogP contribution is 2.30. The summed E-state index contributed by atoms with van der Waals surface area (Å²) in [6.07, 6.45) is 10.2. The Bertz CT molecular complexity index is 522. The smallest absolute Gasteiger partial charge is 0.130 e. The molecule has 0 fully saturated rings. The minimum absolute atomic E-state index is 1.03. The van der Waals surface area contributed by atoms with Gasteiger partial charge in [0, 0.05) is 0 Å². The molecule has 0 atom stereocenters. The van der Waals surface area contributed by atoms with Crippen LogP contribution in [0.15, 0.2) is 48.5 Å². The van der Waals surface area contributed by atoms with Gasteiger partial charge in [-0.25, -0.2) is 0 Å². The molecule has 0 amide bonds. The third-order valence-corrected chi connectivity index (χ3v) is 4.31. The summed E-state index contributed by atoms with van der Waals surface area (Å²) in [5.41, 5.74) is 2.68. The molecule has 0 unspecified atom stereocenters. The number of fused-ring (bicyclic) bond motifs is 2. The van der Waals surface area contributed by atoms with E-state index >= 15 is 0 Å². The first-order valence-corrected chi connectivity index (χ1v) is 8.27. The second-order valence-electron chi connectivity index (χ2n) is 5.94. The molecule has 0 spiro atoms. The molecule has 1 nitrogen and oxygen atoms in total. The van der Waals surface area contributed by atoms with E-state index in [1.807, 2.05) is 0 Å². The van der Waals surface area contributed by atoms with E-state index in [1.54, 1.807) is 0 Å². The summed E-state index contributed by atoms with van der Waals surface area (Å²) in [7, 11) is 0. The van der Waals surface area contributed by atoms with Crippen LogP contribution in [0.1, 0.15) is 49.7 Å². The summed E-state index contributed by atoms with van der Waals surface area (Å²) in [4.78, 5) is 0. The zero-order valence-electron chi connectivity index (χ0n) is 12.7. The standard InChI is InChI=1S/C20H24O/c1-2-4-6-12-18-14-8-10-16-20(18)21-19-15-9-7-13-17(19)11-5-3-1/h7-10,13-16H,1-6,11-12H2. The molecule has 1 aliphatic rings. The third-order valence-electron chi connectivity index (χ3n) is 4.31. The number of para-hydroxylation sites is 2. The molecule has 0 saturated heterocycles. The van der Waals surface area contributed by atoms with Crippen LogP contribution in [-0.2, 0) is 12.8 Å². The second kappa shape index (κ2) is 7.31. The van der Waals surface area contributed by atoms with Crippen molar-refractivity contribution in [1.29, 1.82) is 0 Å². The van der Waals surface area contributed by atoms with Crippen LogP contribution in [0.25, 0.3) is 0 Å². The van der Waals surface area contributed by atoms with Gasteiger partial charge in [0.15, 0.2) is 0 Å². The summed E-state index contributed by atoms with van der Waals surface area (Å²) < 4.78 is 6.26. The summed E-state index contributed by atoms with van der Waals surface area (Å²) >= 11 is 0. The number of ether oxygens (including phenoxy) is 1. The molecule has 3 rings (SSSR count). The molecule has 0 bridgehead atoms. The summed E-state index contributed by atoms with van der Waals surface area (Å²) in [6, 6.07) is 17.0. The van der Waals surface area contributed by atoms with Gasteiger partial charge in [0.1, 0.15) is 11.5 Å². The van der Waals surface area contributed by atoms with Crippen LogP contribution in [0.2, 0.25) is 0 Å². The van der Waals surface area contributed by atoms with Gasteiger partial charge in [-0.15, -0.1) is 0 Å². The summed E-state index contributed by atoms with van der Waals surface area (Å²) in [6.45, 7) is 0. The van der Waals surface area contributed by atoms with E-state index in [0.29, 0.717) is 0 Å². The van der Waals surface area contributed by atoms with Crippen LogP contribution in [-0.4, -0.2) is 0 Å². The molecule has 0 radical (unpaired) electrons.